The maximum Gasteiger partial charge on any atom is 0.333 e. The molecule has 1 aliphatic carbocycles. The molecule has 0 saturated heterocycles. The van der Waals surface area contributed by atoms with Gasteiger partial charge in [-0.1, -0.05) is 97.1 Å². The van der Waals surface area contributed by atoms with Gasteiger partial charge in [-0.15, -0.1) is 0 Å². The van der Waals surface area contributed by atoms with Crippen molar-refractivity contribution in [2.24, 2.45) is 0 Å². The fourth-order valence-corrected chi connectivity index (χ4v) is 6.20. The van der Waals surface area contributed by atoms with E-state index in [4.69, 9.17) is 9.47 Å². The Hall–Kier alpha value is -5.24. The van der Waals surface area contributed by atoms with E-state index >= 15 is 0 Å². The molecule has 212 valence electrons. The van der Waals surface area contributed by atoms with Crippen LogP contribution in [0, 0.1) is 0 Å². The Bertz CT molecular complexity index is 1450. The zero-order valence-electron chi connectivity index (χ0n) is 23.2. The molecule has 0 bridgehead atoms. The monoisotopic (exact) mass is 562 g/mol. The predicted octanol–water partition coefficient (Wildman–Crippen LogP) is 4.25. The number of ether oxygens (including phenoxy) is 2. The molecule has 1 saturated carbocycles. The summed E-state index contributed by atoms with van der Waals surface area (Å²) >= 11 is 0. The SMILES string of the molecule is COC(=O)C1(NC(=O)c2ccccc2)C(c2ccccc2)C(NC(=O)c2ccccc2)(C(=O)OC)C1c1ccccc1. The van der Waals surface area contributed by atoms with E-state index < -0.39 is 46.7 Å². The Morgan fingerprint density at radius 3 is 1.07 bits per heavy atom. The van der Waals surface area contributed by atoms with E-state index in [0.29, 0.717) is 22.3 Å². The van der Waals surface area contributed by atoms with Crippen molar-refractivity contribution in [1.29, 1.82) is 0 Å². The topological polar surface area (TPSA) is 111 Å². The van der Waals surface area contributed by atoms with E-state index in [1.807, 2.05) is 0 Å². The molecule has 4 aromatic carbocycles. The lowest BCUT2D eigenvalue weighted by atomic mass is 9.43. The van der Waals surface area contributed by atoms with Crippen molar-refractivity contribution in [2.75, 3.05) is 14.2 Å². The van der Waals surface area contributed by atoms with Crippen LogP contribution in [0.2, 0.25) is 0 Å². The lowest BCUT2D eigenvalue weighted by molar-refractivity contribution is -0.175. The summed E-state index contributed by atoms with van der Waals surface area (Å²) in [6.07, 6.45) is 0. The highest BCUT2D eigenvalue weighted by Gasteiger charge is 2.80. The van der Waals surface area contributed by atoms with Crippen molar-refractivity contribution in [1.82, 2.24) is 10.6 Å². The Labute approximate surface area is 243 Å². The molecule has 1 aliphatic rings. The number of amides is 2. The average Bonchev–Trinajstić information content (AvgIpc) is 3.04. The van der Waals surface area contributed by atoms with Crippen LogP contribution in [-0.4, -0.2) is 49.1 Å². The molecule has 0 unspecified atom stereocenters. The quantitative estimate of drug-likeness (QED) is 0.311. The van der Waals surface area contributed by atoms with E-state index in [1.54, 1.807) is 121 Å². The number of hydrogen-bond donors (Lipinski definition) is 2. The van der Waals surface area contributed by atoms with Crippen molar-refractivity contribution in [3.8, 4) is 0 Å². The predicted molar refractivity (Wildman–Crippen MR) is 156 cm³/mol. The van der Waals surface area contributed by atoms with Gasteiger partial charge in [0.05, 0.1) is 26.1 Å². The smallest absolute Gasteiger partial charge is 0.333 e. The minimum absolute atomic E-state index is 0.309. The molecule has 0 heterocycles. The van der Waals surface area contributed by atoms with Crippen LogP contribution >= 0.6 is 0 Å². The van der Waals surface area contributed by atoms with E-state index in [-0.39, 0.29) is 0 Å². The van der Waals surface area contributed by atoms with Crippen LogP contribution in [0.3, 0.4) is 0 Å². The van der Waals surface area contributed by atoms with Crippen molar-refractivity contribution in [2.45, 2.75) is 22.9 Å². The standard InChI is InChI=1S/C34H30N2O6/c1-41-31(39)33(35-29(37)25-19-11-5-12-20-25)27(23-15-7-3-8-16-23)34(32(40)42-2,28(33)24-17-9-4-10-18-24)36-30(38)26-21-13-6-14-22-26/h3-22,27-28H,1-2H3,(H,35,37)(H,36,38). The third-order valence-electron chi connectivity index (χ3n) is 7.85. The average molecular weight is 563 g/mol. The van der Waals surface area contributed by atoms with Crippen molar-refractivity contribution < 1.29 is 28.7 Å². The van der Waals surface area contributed by atoms with E-state index in [9.17, 15) is 19.2 Å². The van der Waals surface area contributed by atoms with Gasteiger partial charge in [-0.25, -0.2) is 9.59 Å². The molecule has 0 aromatic heterocycles. The highest BCUT2D eigenvalue weighted by atomic mass is 16.5. The normalized spacial score (nSPS) is 22.6. The van der Waals surface area contributed by atoms with Gasteiger partial charge >= 0.3 is 11.9 Å². The van der Waals surface area contributed by atoms with Crippen molar-refractivity contribution >= 4 is 23.8 Å². The molecule has 0 atom stereocenters. The number of benzene rings is 4. The number of hydrogen-bond acceptors (Lipinski definition) is 6. The molecule has 0 aliphatic heterocycles. The molecule has 1 fully saturated rings. The first-order chi connectivity index (χ1) is 20.4. The van der Waals surface area contributed by atoms with Gasteiger partial charge in [0.15, 0.2) is 11.1 Å². The Balaban J connectivity index is 1.80. The highest BCUT2D eigenvalue weighted by molar-refractivity contribution is 6.06. The summed E-state index contributed by atoms with van der Waals surface area (Å²) in [4.78, 5) is 55.8. The molecule has 2 N–H and O–H groups in total. The number of nitrogens with one attached hydrogen (secondary N) is 2. The Morgan fingerprint density at radius 2 is 0.786 bits per heavy atom. The molecule has 0 radical (unpaired) electrons. The first-order valence-electron chi connectivity index (χ1n) is 13.4. The number of carbonyl (C=O) groups is 4. The summed E-state index contributed by atoms with van der Waals surface area (Å²) in [6, 6.07) is 34.5. The molecule has 5 rings (SSSR count). The maximum atomic E-state index is 14.1. The maximum absolute atomic E-state index is 14.1. The first-order valence-corrected chi connectivity index (χ1v) is 13.4. The van der Waals surface area contributed by atoms with E-state index in [2.05, 4.69) is 10.6 Å². The van der Waals surface area contributed by atoms with Crippen LogP contribution in [0.4, 0.5) is 0 Å². The second-order valence-corrected chi connectivity index (χ2v) is 10.0. The zero-order valence-corrected chi connectivity index (χ0v) is 23.2. The summed E-state index contributed by atoms with van der Waals surface area (Å²) in [5.41, 5.74) is -2.01. The Kier molecular flexibility index (Phi) is 7.88. The lowest BCUT2D eigenvalue weighted by Crippen LogP contribution is -2.86. The second-order valence-electron chi connectivity index (χ2n) is 10.0. The zero-order chi connectivity index (χ0) is 29.7. The number of rotatable bonds is 8. The van der Waals surface area contributed by atoms with Crippen LogP contribution < -0.4 is 10.6 Å². The first kappa shape index (κ1) is 28.3. The van der Waals surface area contributed by atoms with Gasteiger partial charge in [-0.2, -0.15) is 0 Å². The van der Waals surface area contributed by atoms with Crippen LogP contribution in [-0.2, 0) is 19.1 Å². The largest absolute Gasteiger partial charge is 0.467 e. The fraction of sp³-hybridized carbons (Fsp3) is 0.176. The van der Waals surface area contributed by atoms with Crippen molar-refractivity contribution in [3.63, 3.8) is 0 Å². The fourth-order valence-electron chi connectivity index (χ4n) is 6.20. The van der Waals surface area contributed by atoms with Gasteiger partial charge in [0.2, 0.25) is 0 Å². The number of methoxy groups -OCH3 is 2. The molecular formula is C34H30N2O6. The van der Waals surface area contributed by atoms with Crippen molar-refractivity contribution in [3.05, 3.63) is 144 Å². The summed E-state index contributed by atoms with van der Waals surface area (Å²) in [6.45, 7) is 0. The second kappa shape index (κ2) is 11.7. The molecule has 8 heteroatoms. The van der Waals surface area contributed by atoms with Gasteiger partial charge in [0.1, 0.15) is 0 Å². The molecule has 8 nitrogen and oxygen atoms in total. The summed E-state index contributed by atoms with van der Waals surface area (Å²) in [7, 11) is 2.45. The molecule has 2 amide bonds. The summed E-state index contributed by atoms with van der Waals surface area (Å²) < 4.78 is 10.8. The third-order valence-corrected chi connectivity index (χ3v) is 7.85. The molecular weight excluding hydrogens is 532 g/mol. The molecule has 4 aromatic rings. The highest BCUT2D eigenvalue weighted by Crippen LogP contribution is 2.63. The van der Waals surface area contributed by atoms with Gasteiger partial charge < -0.3 is 20.1 Å². The summed E-state index contributed by atoms with van der Waals surface area (Å²) in [5, 5.41) is 5.94. The van der Waals surface area contributed by atoms with Crippen LogP contribution in [0.1, 0.15) is 43.7 Å². The number of carbonyl (C=O) groups excluding carboxylic acids is 4. The van der Waals surface area contributed by atoms with Crippen LogP contribution in [0.25, 0.3) is 0 Å². The van der Waals surface area contributed by atoms with Gasteiger partial charge in [0, 0.05) is 11.1 Å². The van der Waals surface area contributed by atoms with E-state index in [1.165, 1.54) is 14.2 Å². The van der Waals surface area contributed by atoms with Gasteiger partial charge in [-0.3, -0.25) is 9.59 Å². The minimum atomic E-state index is -1.83. The van der Waals surface area contributed by atoms with Gasteiger partial charge in [-0.05, 0) is 35.4 Å². The minimum Gasteiger partial charge on any atom is -0.467 e. The number of esters is 2. The van der Waals surface area contributed by atoms with Gasteiger partial charge in [0.25, 0.3) is 11.8 Å². The lowest BCUT2D eigenvalue weighted by Gasteiger charge is -2.64. The van der Waals surface area contributed by atoms with Crippen LogP contribution in [0.5, 0.6) is 0 Å². The Morgan fingerprint density at radius 1 is 0.500 bits per heavy atom. The van der Waals surface area contributed by atoms with Crippen LogP contribution in [0.15, 0.2) is 121 Å². The van der Waals surface area contributed by atoms with E-state index in [0.717, 1.165) is 0 Å². The molecule has 42 heavy (non-hydrogen) atoms. The third kappa shape index (κ3) is 4.60. The molecule has 0 spiro atoms. The summed E-state index contributed by atoms with van der Waals surface area (Å²) in [5.74, 6) is -4.90.